The van der Waals surface area contributed by atoms with Gasteiger partial charge in [-0.15, -0.1) is 0 Å². The van der Waals surface area contributed by atoms with Gasteiger partial charge in [-0.3, -0.25) is 4.68 Å². The lowest BCUT2D eigenvalue weighted by atomic mass is 10.2. The summed E-state index contributed by atoms with van der Waals surface area (Å²) in [6, 6.07) is 7.49. The molecule has 0 saturated heterocycles. The van der Waals surface area contributed by atoms with E-state index in [2.05, 4.69) is 25.4 Å². The molecule has 0 spiro atoms. The summed E-state index contributed by atoms with van der Waals surface area (Å²) in [6.07, 6.45) is 5.22. The van der Waals surface area contributed by atoms with Crippen LogP contribution in [-0.4, -0.2) is 24.7 Å². The number of hydrogen-bond acceptors (Lipinski definition) is 5. The normalized spacial score (nSPS) is 10.4. The Balaban J connectivity index is 1.94. The molecular formula is C13H12N6S. The number of aromatic nitrogens is 5. The molecule has 0 fully saturated rings. The second kappa shape index (κ2) is 5.22. The maximum Gasteiger partial charge on any atom is 0.228 e. The topological polar surface area (TPSA) is 71.4 Å². The highest BCUT2D eigenvalue weighted by molar-refractivity contribution is 7.71. The van der Waals surface area contributed by atoms with Gasteiger partial charge >= 0.3 is 0 Å². The molecule has 0 amide bonds. The van der Waals surface area contributed by atoms with Crippen LogP contribution < -0.4 is 5.32 Å². The molecule has 0 aliphatic carbocycles. The van der Waals surface area contributed by atoms with Crippen LogP contribution in [0.2, 0.25) is 0 Å². The number of rotatable bonds is 3. The monoisotopic (exact) mass is 284 g/mol. The Kier molecular flexibility index (Phi) is 3.26. The van der Waals surface area contributed by atoms with Gasteiger partial charge in [0.25, 0.3) is 0 Å². The van der Waals surface area contributed by atoms with Crippen molar-refractivity contribution in [3.05, 3.63) is 47.5 Å². The third-order valence-corrected chi connectivity index (χ3v) is 3.02. The fourth-order valence-electron chi connectivity index (χ4n) is 1.79. The average molecular weight is 284 g/mol. The Bertz CT molecular complexity index is 791. The van der Waals surface area contributed by atoms with Crippen molar-refractivity contribution in [1.29, 1.82) is 0 Å². The van der Waals surface area contributed by atoms with Crippen LogP contribution in [0.3, 0.4) is 0 Å². The second-order valence-electron chi connectivity index (χ2n) is 4.17. The molecule has 6 nitrogen and oxygen atoms in total. The number of anilines is 2. The number of H-pyrrole nitrogens is 1. The van der Waals surface area contributed by atoms with Gasteiger partial charge in [0.15, 0.2) is 0 Å². The summed E-state index contributed by atoms with van der Waals surface area (Å²) < 4.78 is 2.39. The summed E-state index contributed by atoms with van der Waals surface area (Å²) in [4.78, 5) is 11.6. The van der Waals surface area contributed by atoms with Gasteiger partial charge in [-0.25, -0.2) is 9.97 Å². The first-order valence-electron chi connectivity index (χ1n) is 5.99. The maximum absolute atomic E-state index is 5.12. The standard InChI is InChI=1S/C13H12N6S/c1-19-11(4-7-16-19)18-13-15-6-3-10(17-13)9-2-5-14-12(20)8-9/h2-8H,1H3,(H,14,20)(H,15,17,18). The molecule has 0 atom stereocenters. The van der Waals surface area contributed by atoms with Crippen molar-refractivity contribution in [2.75, 3.05) is 5.32 Å². The molecule has 0 aromatic carbocycles. The summed E-state index contributed by atoms with van der Waals surface area (Å²) in [7, 11) is 1.85. The maximum atomic E-state index is 5.12. The molecule has 7 heteroatoms. The lowest BCUT2D eigenvalue weighted by Crippen LogP contribution is -2.02. The van der Waals surface area contributed by atoms with E-state index in [0.717, 1.165) is 17.1 Å². The van der Waals surface area contributed by atoms with Gasteiger partial charge in [-0.1, -0.05) is 12.2 Å². The first-order chi connectivity index (χ1) is 9.72. The van der Waals surface area contributed by atoms with Crippen molar-refractivity contribution in [2.45, 2.75) is 0 Å². The average Bonchev–Trinajstić information content (AvgIpc) is 2.85. The van der Waals surface area contributed by atoms with E-state index >= 15 is 0 Å². The molecule has 0 aliphatic rings. The summed E-state index contributed by atoms with van der Waals surface area (Å²) in [5.41, 5.74) is 1.76. The van der Waals surface area contributed by atoms with Crippen LogP contribution in [0, 0.1) is 4.64 Å². The zero-order chi connectivity index (χ0) is 13.9. The molecule has 100 valence electrons. The molecule has 0 aliphatic heterocycles. The molecule has 0 unspecified atom stereocenters. The largest absolute Gasteiger partial charge is 0.353 e. The number of nitrogens with one attached hydrogen (secondary N) is 2. The summed E-state index contributed by atoms with van der Waals surface area (Å²) in [5.74, 6) is 1.34. The Morgan fingerprint density at radius 1 is 1.25 bits per heavy atom. The third kappa shape index (κ3) is 2.57. The molecule has 3 aromatic rings. The SMILES string of the molecule is Cn1nccc1Nc1nccc(-c2cc[nH]c(=S)c2)n1. The minimum Gasteiger partial charge on any atom is -0.353 e. The van der Waals surface area contributed by atoms with Crippen LogP contribution in [-0.2, 0) is 7.05 Å². The third-order valence-electron chi connectivity index (χ3n) is 2.79. The smallest absolute Gasteiger partial charge is 0.228 e. The van der Waals surface area contributed by atoms with Crippen LogP contribution in [0.25, 0.3) is 11.3 Å². The number of aryl methyl sites for hydroxylation is 1. The first kappa shape index (κ1) is 12.5. The highest BCUT2D eigenvalue weighted by Crippen LogP contribution is 2.18. The Labute approximate surface area is 120 Å². The molecule has 0 bridgehead atoms. The number of pyridine rings is 1. The van der Waals surface area contributed by atoms with Crippen LogP contribution in [0.5, 0.6) is 0 Å². The van der Waals surface area contributed by atoms with Crippen molar-refractivity contribution in [2.24, 2.45) is 7.05 Å². The van der Waals surface area contributed by atoms with E-state index in [1.807, 2.05) is 31.3 Å². The zero-order valence-corrected chi connectivity index (χ0v) is 11.6. The quantitative estimate of drug-likeness (QED) is 0.723. The van der Waals surface area contributed by atoms with Gasteiger partial charge in [-0.2, -0.15) is 5.10 Å². The van der Waals surface area contributed by atoms with Gasteiger partial charge in [0.2, 0.25) is 5.95 Å². The summed E-state index contributed by atoms with van der Waals surface area (Å²) in [5, 5.41) is 7.21. The van der Waals surface area contributed by atoms with E-state index in [4.69, 9.17) is 12.2 Å². The van der Waals surface area contributed by atoms with E-state index in [0.29, 0.717) is 10.6 Å². The molecule has 2 N–H and O–H groups in total. The Morgan fingerprint density at radius 3 is 2.90 bits per heavy atom. The Morgan fingerprint density at radius 2 is 2.15 bits per heavy atom. The van der Waals surface area contributed by atoms with Crippen molar-refractivity contribution in [3.63, 3.8) is 0 Å². The Hall–Kier alpha value is -2.54. The lowest BCUT2D eigenvalue weighted by Gasteiger charge is -2.06. The van der Waals surface area contributed by atoms with E-state index in [-0.39, 0.29) is 0 Å². The molecule has 3 heterocycles. The van der Waals surface area contributed by atoms with E-state index in [9.17, 15) is 0 Å². The molecule has 0 saturated carbocycles. The number of aromatic amines is 1. The molecule has 20 heavy (non-hydrogen) atoms. The first-order valence-corrected chi connectivity index (χ1v) is 6.40. The summed E-state index contributed by atoms with van der Waals surface area (Å²) >= 11 is 5.12. The lowest BCUT2D eigenvalue weighted by molar-refractivity contribution is 0.775. The van der Waals surface area contributed by atoms with Crippen LogP contribution in [0.4, 0.5) is 11.8 Å². The van der Waals surface area contributed by atoms with Crippen molar-refractivity contribution < 1.29 is 0 Å². The van der Waals surface area contributed by atoms with Crippen molar-refractivity contribution in [1.82, 2.24) is 24.7 Å². The summed E-state index contributed by atoms with van der Waals surface area (Å²) in [6.45, 7) is 0. The van der Waals surface area contributed by atoms with Gasteiger partial charge in [0.05, 0.1) is 11.9 Å². The minimum atomic E-state index is 0.518. The van der Waals surface area contributed by atoms with Crippen LogP contribution >= 0.6 is 12.2 Å². The highest BCUT2D eigenvalue weighted by Gasteiger charge is 2.04. The van der Waals surface area contributed by atoms with E-state index < -0.39 is 0 Å². The fraction of sp³-hybridized carbons (Fsp3) is 0.0769. The van der Waals surface area contributed by atoms with E-state index in [1.54, 1.807) is 23.3 Å². The van der Waals surface area contributed by atoms with Gasteiger partial charge < -0.3 is 10.3 Å². The molecular weight excluding hydrogens is 272 g/mol. The predicted molar refractivity (Wildman–Crippen MR) is 79.1 cm³/mol. The predicted octanol–water partition coefficient (Wildman–Crippen LogP) is 2.68. The molecule has 3 rings (SSSR count). The van der Waals surface area contributed by atoms with Gasteiger partial charge in [-0.05, 0) is 18.2 Å². The van der Waals surface area contributed by atoms with Gasteiger partial charge in [0, 0.05) is 31.1 Å². The van der Waals surface area contributed by atoms with Crippen molar-refractivity contribution >= 4 is 24.0 Å². The number of hydrogen-bond donors (Lipinski definition) is 2. The van der Waals surface area contributed by atoms with Crippen LogP contribution in [0.15, 0.2) is 42.9 Å². The minimum absolute atomic E-state index is 0.518. The second-order valence-corrected chi connectivity index (χ2v) is 4.61. The van der Waals surface area contributed by atoms with Crippen molar-refractivity contribution in [3.8, 4) is 11.3 Å². The van der Waals surface area contributed by atoms with Gasteiger partial charge in [0.1, 0.15) is 10.5 Å². The highest BCUT2D eigenvalue weighted by atomic mass is 32.1. The fourth-order valence-corrected chi connectivity index (χ4v) is 1.99. The van der Waals surface area contributed by atoms with E-state index in [1.165, 1.54) is 0 Å². The zero-order valence-electron chi connectivity index (χ0n) is 10.7. The number of nitrogens with zero attached hydrogens (tertiary/aromatic N) is 4. The van der Waals surface area contributed by atoms with Crippen LogP contribution in [0.1, 0.15) is 0 Å². The molecule has 0 radical (unpaired) electrons. The molecule has 3 aromatic heterocycles.